The van der Waals surface area contributed by atoms with Gasteiger partial charge in [0, 0.05) is 6.42 Å². The minimum Gasteiger partial charge on any atom is -0.457 e. The van der Waals surface area contributed by atoms with Crippen molar-refractivity contribution in [2.24, 2.45) is 0 Å². The van der Waals surface area contributed by atoms with Crippen LogP contribution in [0, 0.1) is 0 Å². The zero-order valence-electron chi connectivity index (χ0n) is 6.72. The van der Waals surface area contributed by atoms with Crippen LogP contribution in [0.5, 0.6) is 0 Å². The number of halogens is 2. The van der Waals surface area contributed by atoms with Gasteiger partial charge in [-0.2, -0.15) is 0 Å². The Bertz CT molecular complexity index is 300. The highest BCUT2D eigenvalue weighted by molar-refractivity contribution is 6.42. The molecule has 0 saturated heterocycles. The molecule has 1 aromatic rings. The van der Waals surface area contributed by atoms with E-state index in [1.807, 2.05) is 6.07 Å². The topological polar surface area (TPSA) is 26.3 Å². The summed E-state index contributed by atoms with van der Waals surface area (Å²) in [6.07, 6.45) is 0.550. The molecule has 13 heavy (non-hydrogen) atoms. The molecule has 1 aromatic carbocycles. The van der Waals surface area contributed by atoms with Crippen molar-refractivity contribution in [3.63, 3.8) is 0 Å². The van der Waals surface area contributed by atoms with Crippen molar-refractivity contribution >= 4 is 29.7 Å². The Hall–Kier alpha value is -0.730. The van der Waals surface area contributed by atoms with Gasteiger partial charge in [-0.05, 0) is 11.6 Å². The standard InChI is InChI=1S/C9H7Cl2O2/c10-8-3-1-2-7(9(8)11)4-5-13-6-12/h1-3H,4-5H2. The van der Waals surface area contributed by atoms with E-state index in [-0.39, 0.29) is 6.61 Å². The number of carbonyl (C=O) groups excluding carboxylic acids is 1. The van der Waals surface area contributed by atoms with Crippen LogP contribution in [0.1, 0.15) is 5.56 Å². The van der Waals surface area contributed by atoms with E-state index in [0.29, 0.717) is 16.5 Å². The van der Waals surface area contributed by atoms with Crippen LogP contribution in [-0.2, 0) is 16.0 Å². The fourth-order valence-corrected chi connectivity index (χ4v) is 1.36. The molecule has 0 aliphatic heterocycles. The summed E-state index contributed by atoms with van der Waals surface area (Å²) in [6, 6.07) is 5.34. The Balaban J connectivity index is 2.65. The molecule has 0 N–H and O–H groups in total. The van der Waals surface area contributed by atoms with Gasteiger partial charge < -0.3 is 4.74 Å². The van der Waals surface area contributed by atoms with Gasteiger partial charge in [-0.3, -0.25) is 0 Å². The van der Waals surface area contributed by atoms with E-state index in [1.165, 1.54) is 6.47 Å². The third-order valence-corrected chi connectivity index (χ3v) is 2.42. The molecule has 0 saturated carbocycles. The number of hydrogen-bond acceptors (Lipinski definition) is 2. The minimum atomic E-state index is 0.267. The van der Waals surface area contributed by atoms with E-state index in [4.69, 9.17) is 23.2 Å². The van der Waals surface area contributed by atoms with Crippen LogP contribution in [0.3, 0.4) is 0 Å². The van der Waals surface area contributed by atoms with Crippen LogP contribution >= 0.6 is 23.2 Å². The number of benzene rings is 1. The van der Waals surface area contributed by atoms with Crippen LogP contribution in [0.2, 0.25) is 10.0 Å². The first kappa shape index (κ1) is 10.4. The lowest BCUT2D eigenvalue weighted by Crippen LogP contribution is -1.97. The average molecular weight is 218 g/mol. The quantitative estimate of drug-likeness (QED) is 0.726. The zero-order valence-corrected chi connectivity index (χ0v) is 8.23. The lowest BCUT2D eigenvalue weighted by atomic mass is 10.2. The highest BCUT2D eigenvalue weighted by Gasteiger charge is 2.03. The molecule has 4 heteroatoms. The van der Waals surface area contributed by atoms with E-state index >= 15 is 0 Å². The predicted octanol–water partition coefficient (Wildman–Crippen LogP) is 2.62. The lowest BCUT2D eigenvalue weighted by molar-refractivity contribution is 0.282. The van der Waals surface area contributed by atoms with Crippen molar-refractivity contribution in [3.8, 4) is 0 Å². The Kier molecular flexibility index (Phi) is 4.06. The maximum Gasteiger partial charge on any atom is 0.417 e. The molecule has 2 nitrogen and oxygen atoms in total. The Labute approximate surface area is 86.4 Å². The largest absolute Gasteiger partial charge is 0.457 e. The molecule has 0 aliphatic carbocycles. The average Bonchev–Trinajstić information content (AvgIpc) is 2.13. The zero-order chi connectivity index (χ0) is 9.68. The monoisotopic (exact) mass is 217 g/mol. The molecule has 0 atom stereocenters. The molecule has 0 amide bonds. The molecule has 0 fully saturated rings. The maximum atomic E-state index is 9.74. The van der Waals surface area contributed by atoms with Gasteiger partial charge >= 0.3 is 6.47 Å². The Morgan fingerprint density at radius 1 is 1.38 bits per heavy atom. The third-order valence-electron chi connectivity index (χ3n) is 1.56. The molecule has 0 aromatic heterocycles. The fourth-order valence-electron chi connectivity index (χ4n) is 0.944. The summed E-state index contributed by atoms with van der Waals surface area (Å²) in [5, 5.41) is 1.02. The smallest absolute Gasteiger partial charge is 0.417 e. The molecule has 0 heterocycles. The highest BCUT2D eigenvalue weighted by Crippen LogP contribution is 2.25. The van der Waals surface area contributed by atoms with E-state index in [0.717, 1.165) is 5.56 Å². The molecule has 69 valence electrons. The molecule has 0 aliphatic rings. The minimum absolute atomic E-state index is 0.267. The summed E-state index contributed by atoms with van der Waals surface area (Å²) >= 11 is 11.7. The SMILES string of the molecule is O=[C]OCCc1cccc(Cl)c1Cl. The Morgan fingerprint density at radius 3 is 2.85 bits per heavy atom. The van der Waals surface area contributed by atoms with E-state index in [9.17, 15) is 4.79 Å². The maximum absolute atomic E-state index is 9.74. The molecule has 1 rings (SSSR count). The number of hydrogen-bond donors (Lipinski definition) is 0. The van der Waals surface area contributed by atoms with Crippen molar-refractivity contribution < 1.29 is 9.53 Å². The summed E-state index contributed by atoms with van der Waals surface area (Å²) < 4.78 is 4.43. The van der Waals surface area contributed by atoms with Crippen LogP contribution in [-0.4, -0.2) is 13.1 Å². The third kappa shape index (κ3) is 2.90. The van der Waals surface area contributed by atoms with Crippen LogP contribution in [0.4, 0.5) is 0 Å². The second-order valence-electron chi connectivity index (χ2n) is 2.39. The second kappa shape index (κ2) is 5.10. The first-order valence-electron chi connectivity index (χ1n) is 3.67. The summed E-state index contributed by atoms with van der Waals surface area (Å²) in [6.45, 7) is 1.61. The highest BCUT2D eigenvalue weighted by atomic mass is 35.5. The number of rotatable bonds is 4. The first-order valence-corrected chi connectivity index (χ1v) is 4.43. The van der Waals surface area contributed by atoms with Crippen molar-refractivity contribution in [2.75, 3.05) is 6.61 Å². The van der Waals surface area contributed by atoms with Crippen molar-refractivity contribution in [3.05, 3.63) is 33.8 Å². The lowest BCUT2D eigenvalue weighted by Gasteiger charge is -2.03. The molecular weight excluding hydrogens is 211 g/mol. The van der Waals surface area contributed by atoms with Crippen molar-refractivity contribution in [1.29, 1.82) is 0 Å². The van der Waals surface area contributed by atoms with Crippen molar-refractivity contribution in [1.82, 2.24) is 0 Å². The molecule has 0 spiro atoms. The summed E-state index contributed by atoms with van der Waals surface area (Å²) in [4.78, 5) is 9.74. The second-order valence-corrected chi connectivity index (χ2v) is 3.18. The van der Waals surface area contributed by atoms with Gasteiger partial charge in [-0.1, -0.05) is 35.3 Å². The van der Waals surface area contributed by atoms with Gasteiger partial charge in [0.25, 0.3) is 0 Å². The van der Waals surface area contributed by atoms with E-state index in [2.05, 4.69) is 4.74 Å². The molecule has 1 radical (unpaired) electrons. The van der Waals surface area contributed by atoms with Crippen LogP contribution in [0.25, 0.3) is 0 Å². The molecule has 0 bridgehead atoms. The summed E-state index contributed by atoms with van der Waals surface area (Å²) in [7, 11) is 0. The van der Waals surface area contributed by atoms with E-state index in [1.54, 1.807) is 12.1 Å². The fraction of sp³-hybridized carbons (Fsp3) is 0.222. The molecule has 0 unspecified atom stereocenters. The molecular formula is C9H7Cl2O2. The van der Waals surface area contributed by atoms with Gasteiger partial charge in [0.15, 0.2) is 0 Å². The van der Waals surface area contributed by atoms with Gasteiger partial charge in [-0.25, -0.2) is 4.79 Å². The Morgan fingerprint density at radius 2 is 2.15 bits per heavy atom. The van der Waals surface area contributed by atoms with Gasteiger partial charge in [-0.15, -0.1) is 0 Å². The summed E-state index contributed by atoms with van der Waals surface area (Å²) in [5.74, 6) is 0. The predicted molar refractivity (Wildman–Crippen MR) is 51.8 cm³/mol. The van der Waals surface area contributed by atoms with Crippen LogP contribution < -0.4 is 0 Å². The normalized spacial score (nSPS) is 9.69. The van der Waals surface area contributed by atoms with Crippen molar-refractivity contribution in [2.45, 2.75) is 6.42 Å². The first-order chi connectivity index (χ1) is 6.25. The van der Waals surface area contributed by atoms with E-state index < -0.39 is 0 Å². The number of ether oxygens (including phenoxy) is 1. The summed E-state index contributed by atoms with van der Waals surface area (Å²) in [5.41, 5.74) is 0.865. The van der Waals surface area contributed by atoms with Gasteiger partial charge in [0.05, 0.1) is 16.7 Å². The van der Waals surface area contributed by atoms with Crippen LogP contribution in [0.15, 0.2) is 18.2 Å². The van der Waals surface area contributed by atoms with Gasteiger partial charge in [0.1, 0.15) is 0 Å². The van der Waals surface area contributed by atoms with Gasteiger partial charge in [0.2, 0.25) is 0 Å².